The van der Waals surface area contributed by atoms with Crippen molar-refractivity contribution in [2.24, 2.45) is 0 Å². The number of hydrogen-bond acceptors (Lipinski definition) is 2. The van der Waals surface area contributed by atoms with Crippen LogP contribution in [-0.2, 0) is 11.3 Å². The smallest absolute Gasteiger partial charge is 0.299 e. The molecule has 3 nitrogen and oxygen atoms in total. The van der Waals surface area contributed by atoms with Crippen LogP contribution in [0.25, 0.3) is 0 Å². The van der Waals surface area contributed by atoms with Gasteiger partial charge in [0.1, 0.15) is 11.5 Å². The first-order chi connectivity index (χ1) is 6.63. The minimum atomic E-state index is -0.240. The van der Waals surface area contributed by atoms with Crippen LogP contribution < -0.4 is 0 Å². The van der Waals surface area contributed by atoms with E-state index < -0.39 is 0 Å². The molecule has 74 valence electrons. The van der Waals surface area contributed by atoms with E-state index in [0.29, 0.717) is 6.54 Å². The van der Waals surface area contributed by atoms with E-state index in [-0.39, 0.29) is 5.91 Å². The fraction of sp³-hybridized carbons (Fsp3) is 0.300. The van der Waals surface area contributed by atoms with Crippen molar-refractivity contribution >= 4 is 21.8 Å². The summed E-state index contributed by atoms with van der Waals surface area (Å²) in [6.07, 6.45) is 0. The molecule has 4 heteroatoms. The number of nitrogens with zero attached hydrogens (tertiary/aromatic N) is 1. The molecular weight excluding hydrogens is 246 g/mol. The topological polar surface area (TPSA) is 33.5 Å². The highest BCUT2D eigenvalue weighted by Crippen LogP contribution is 2.08. The van der Waals surface area contributed by atoms with Crippen LogP contribution in [0.3, 0.4) is 0 Å². The molecule has 0 aliphatic carbocycles. The molecule has 1 amide bonds. The lowest BCUT2D eigenvalue weighted by Crippen LogP contribution is -2.24. The molecule has 0 spiro atoms. The highest BCUT2D eigenvalue weighted by Gasteiger charge is 2.08. The summed E-state index contributed by atoms with van der Waals surface area (Å²) in [6, 6.07) is 3.71. The summed E-state index contributed by atoms with van der Waals surface area (Å²) < 4.78 is 5.33. The predicted octanol–water partition coefficient (Wildman–Crippen LogP) is 1.90. The van der Waals surface area contributed by atoms with Crippen molar-refractivity contribution < 1.29 is 9.21 Å². The summed E-state index contributed by atoms with van der Waals surface area (Å²) in [5.74, 6) is 3.74. The largest absolute Gasteiger partial charge is 0.464 e. The van der Waals surface area contributed by atoms with Gasteiger partial charge in [-0.05, 0) is 23.9 Å². The van der Waals surface area contributed by atoms with Gasteiger partial charge in [-0.3, -0.25) is 4.79 Å². The minimum Gasteiger partial charge on any atom is -0.464 e. The van der Waals surface area contributed by atoms with Gasteiger partial charge in [0.25, 0.3) is 5.91 Å². The number of aryl methyl sites for hydroxylation is 1. The quantitative estimate of drug-likeness (QED) is 0.757. The fourth-order valence-electron chi connectivity index (χ4n) is 1.01. The maximum absolute atomic E-state index is 11.2. The summed E-state index contributed by atoms with van der Waals surface area (Å²) in [5, 5.41) is 0. The van der Waals surface area contributed by atoms with Crippen LogP contribution in [0, 0.1) is 17.7 Å². The first kappa shape index (κ1) is 10.9. The Kier molecular flexibility index (Phi) is 3.78. The van der Waals surface area contributed by atoms with Crippen molar-refractivity contribution in [3.63, 3.8) is 0 Å². The Bertz CT molecular complexity index is 386. The van der Waals surface area contributed by atoms with Crippen molar-refractivity contribution in [2.45, 2.75) is 13.5 Å². The van der Waals surface area contributed by atoms with Crippen LogP contribution in [0.15, 0.2) is 16.5 Å². The summed E-state index contributed by atoms with van der Waals surface area (Å²) in [5.41, 5.74) is 0. The molecule has 0 aromatic carbocycles. The summed E-state index contributed by atoms with van der Waals surface area (Å²) >= 11 is 2.88. The van der Waals surface area contributed by atoms with Crippen molar-refractivity contribution in [2.75, 3.05) is 7.05 Å². The monoisotopic (exact) mass is 255 g/mol. The predicted molar refractivity (Wildman–Crippen MR) is 56.6 cm³/mol. The molecule has 0 radical (unpaired) electrons. The third-order valence-electron chi connectivity index (χ3n) is 1.69. The second-order valence-electron chi connectivity index (χ2n) is 2.89. The zero-order valence-corrected chi connectivity index (χ0v) is 9.59. The van der Waals surface area contributed by atoms with E-state index >= 15 is 0 Å². The molecule has 1 aromatic heterocycles. The van der Waals surface area contributed by atoms with Gasteiger partial charge < -0.3 is 9.32 Å². The Hall–Kier alpha value is -1.21. The van der Waals surface area contributed by atoms with Crippen molar-refractivity contribution in [1.29, 1.82) is 0 Å². The van der Waals surface area contributed by atoms with E-state index in [9.17, 15) is 4.79 Å². The number of amides is 1. The lowest BCUT2D eigenvalue weighted by Gasteiger charge is -2.11. The highest BCUT2D eigenvalue weighted by atomic mass is 79.9. The molecule has 0 aliphatic heterocycles. The van der Waals surface area contributed by atoms with Crippen LogP contribution in [-0.4, -0.2) is 17.9 Å². The van der Waals surface area contributed by atoms with Gasteiger partial charge in [-0.1, -0.05) is 0 Å². The summed E-state index contributed by atoms with van der Waals surface area (Å²) in [7, 11) is 1.68. The zero-order valence-electron chi connectivity index (χ0n) is 8.00. The van der Waals surface area contributed by atoms with Crippen LogP contribution in [0.2, 0.25) is 0 Å². The van der Waals surface area contributed by atoms with Gasteiger partial charge in [0, 0.05) is 28.9 Å². The number of hydrogen-bond donors (Lipinski definition) is 0. The highest BCUT2D eigenvalue weighted by molar-refractivity contribution is 9.12. The zero-order chi connectivity index (χ0) is 10.6. The van der Waals surface area contributed by atoms with Gasteiger partial charge in [-0.2, -0.15) is 0 Å². The van der Waals surface area contributed by atoms with E-state index in [2.05, 4.69) is 26.7 Å². The van der Waals surface area contributed by atoms with Gasteiger partial charge in [0.05, 0.1) is 6.54 Å². The maximum Gasteiger partial charge on any atom is 0.299 e. The molecule has 0 fully saturated rings. The molecule has 0 saturated heterocycles. The first-order valence-electron chi connectivity index (χ1n) is 4.05. The lowest BCUT2D eigenvalue weighted by molar-refractivity contribution is -0.124. The van der Waals surface area contributed by atoms with E-state index in [4.69, 9.17) is 4.42 Å². The number of furan rings is 1. The molecule has 0 N–H and O–H groups in total. The first-order valence-corrected chi connectivity index (χ1v) is 4.85. The minimum absolute atomic E-state index is 0.240. The van der Waals surface area contributed by atoms with Gasteiger partial charge in [-0.15, -0.1) is 0 Å². The van der Waals surface area contributed by atoms with Crippen molar-refractivity contribution in [3.8, 4) is 10.8 Å². The number of halogens is 1. The van der Waals surface area contributed by atoms with E-state index in [1.165, 1.54) is 4.90 Å². The Balaban J connectivity index is 2.59. The third kappa shape index (κ3) is 2.93. The second-order valence-corrected chi connectivity index (χ2v) is 3.29. The molecule has 0 aliphatic rings. The molecule has 14 heavy (non-hydrogen) atoms. The van der Waals surface area contributed by atoms with Gasteiger partial charge in [0.2, 0.25) is 0 Å². The molecule has 1 aromatic rings. The van der Waals surface area contributed by atoms with Gasteiger partial charge in [0.15, 0.2) is 0 Å². The SMILES string of the molecule is Cc1ccc(CN(C)C(=O)C#CBr)o1. The summed E-state index contributed by atoms with van der Waals surface area (Å²) in [6.45, 7) is 2.30. The maximum atomic E-state index is 11.2. The van der Waals surface area contributed by atoms with Crippen LogP contribution in [0.5, 0.6) is 0 Å². The van der Waals surface area contributed by atoms with Gasteiger partial charge >= 0.3 is 0 Å². The van der Waals surface area contributed by atoms with E-state index in [1.807, 2.05) is 19.1 Å². The molecule has 1 heterocycles. The lowest BCUT2D eigenvalue weighted by atomic mass is 10.4. The average Bonchev–Trinajstić information content (AvgIpc) is 2.51. The second kappa shape index (κ2) is 4.87. The Labute approximate surface area is 91.2 Å². The molecule has 0 atom stereocenters. The Morgan fingerprint density at radius 1 is 1.64 bits per heavy atom. The summed E-state index contributed by atoms with van der Waals surface area (Å²) in [4.78, 5) is 15.1. The molecule has 1 rings (SSSR count). The van der Waals surface area contributed by atoms with Crippen molar-refractivity contribution in [1.82, 2.24) is 4.90 Å². The Morgan fingerprint density at radius 2 is 2.36 bits per heavy atom. The third-order valence-corrected chi connectivity index (χ3v) is 1.89. The molecule has 0 saturated carbocycles. The number of rotatable bonds is 2. The fourth-order valence-corrected chi connectivity index (χ4v) is 1.18. The number of carbonyl (C=O) groups is 1. The Morgan fingerprint density at radius 3 is 2.86 bits per heavy atom. The average molecular weight is 256 g/mol. The van der Waals surface area contributed by atoms with Crippen LogP contribution in [0.4, 0.5) is 0 Å². The normalized spacial score (nSPS) is 9.07. The molecule has 0 bridgehead atoms. The van der Waals surface area contributed by atoms with Crippen LogP contribution >= 0.6 is 15.9 Å². The molecular formula is C10H10BrNO2. The number of carbonyl (C=O) groups excluding carboxylic acids is 1. The van der Waals surface area contributed by atoms with Gasteiger partial charge in [-0.25, -0.2) is 0 Å². The van der Waals surface area contributed by atoms with Crippen molar-refractivity contribution in [3.05, 3.63) is 23.7 Å². The molecule has 0 unspecified atom stereocenters. The van der Waals surface area contributed by atoms with E-state index in [1.54, 1.807) is 7.05 Å². The van der Waals surface area contributed by atoms with E-state index in [0.717, 1.165) is 11.5 Å². The van der Waals surface area contributed by atoms with Crippen LogP contribution in [0.1, 0.15) is 11.5 Å². The standard InChI is InChI=1S/C10H10BrNO2/c1-8-3-4-9(14-8)7-12(2)10(13)5-6-11/h3-4H,7H2,1-2H3.